The van der Waals surface area contributed by atoms with Gasteiger partial charge in [-0.05, 0) is 66.7 Å². The van der Waals surface area contributed by atoms with Gasteiger partial charge in [0.25, 0.3) is 10.1 Å². The Bertz CT molecular complexity index is 1630. The van der Waals surface area contributed by atoms with E-state index in [1.807, 2.05) is 103 Å². The molecule has 0 atom stereocenters. The maximum atomic E-state index is 12.4. The van der Waals surface area contributed by atoms with Crippen LogP contribution in [-0.4, -0.2) is 35.1 Å². The van der Waals surface area contributed by atoms with Crippen LogP contribution in [0.3, 0.4) is 0 Å². The predicted molar refractivity (Wildman–Crippen MR) is 161 cm³/mol. The molecule has 7 nitrogen and oxygen atoms in total. The van der Waals surface area contributed by atoms with Crippen molar-refractivity contribution in [3.05, 3.63) is 151 Å². The van der Waals surface area contributed by atoms with Gasteiger partial charge in [-0.1, -0.05) is 72.8 Å². The van der Waals surface area contributed by atoms with Crippen LogP contribution in [0.5, 0.6) is 0 Å². The highest BCUT2D eigenvalue weighted by atomic mass is 32.2. The number of aromatic carboxylic acids is 2. The van der Waals surface area contributed by atoms with Crippen LogP contribution in [0.4, 0.5) is 0 Å². The van der Waals surface area contributed by atoms with Crippen molar-refractivity contribution in [1.29, 1.82) is 0 Å². The third kappa shape index (κ3) is 6.42. The molecule has 0 saturated carbocycles. The van der Waals surface area contributed by atoms with Crippen LogP contribution in [0.15, 0.2) is 144 Å². The van der Waals surface area contributed by atoms with Crippen molar-refractivity contribution in [1.82, 2.24) is 0 Å². The van der Waals surface area contributed by atoms with Gasteiger partial charge in [0, 0.05) is 0 Å². The topological polar surface area (TPSA) is 129 Å². The van der Waals surface area contributed by atoms with Crippen LogP contribution in [0.2, 0.25) is 0 Å². The number of carboxylic acids is 2. The third-order valence-electron chi connectivity index (χ3n) is 6.29. The minimum Gasteiger partial charge on any atom is -0.478 e. The lowest BCUT2D eigenvalue weighted by Crippen LogP contribution is -2.40. The summed E-state index contributed by atoms with van der Waals surface area (Å²) in [6, 6.07) is 41.8. The van der Waals surface area contributed by atoms with Gasteiger partial charge < -0.3 is 10.2 Å². The molecule has 0 spiro atoms. The molecule has 0 bridgehead atoms. The second-order valence-electron chi connectivity index (χ2n) is 8.81. The van der Waals surface area contributed by atoms with Crippen LogP contribution in [0.1, 0.15) is 20.7 Å². The lowest BCUT2D eigenvalue weighted by atomic mass is 10.1. The van der Waals surface area contributed by atoms with Crippen LogP contribution >= 0.6 is 7.26 Å². The first-order valence-corrected chi connectivity index (χ1v) is 15.6. The van der Waals surface area contributed by atoms with Crippen molar-refractivity contribution in [2.24, 2.45) is 0 Å². The van der Waals surface area contributed by atoms with Gasteiger partial charge in [-0.3, -0.25) is 4.55 Å². The SMILES string of the molecule is O=C(O)c1cccc(C(=O)O)c1.O=S(=O)(O)c1ccccc1[P+](c1ccccc1)(c1ccccc1)c1ccccc1. The molecule has 41 heavy (non-hydrogen) atoms. The summed E-state index contributed by atoms with van der Waals surface area (Å²) in [5.74, 6) is -2.25. The molecule has 0 radical (unpaired) electrons. The van der Waals surface area contributed by atoms with Crippen LogP contribution < -0.4 is 21.2 Å². The summed E-state index contributed by atoms with van der Waals surface area (Å²) < 4.78 is 34.8. The van der Waals surface area contributed by atoms with Crippen molar-refractivity contribution in [3.63, 3.8) is 0 Å². The highest BCUT2D eigenvalue weighted by molar-refractivity contribution is 8.02. The van der Waals surface area contributed by atoms with E-state index in [9.17, 15) is 22.6 Å². The maximum Gasteiger partial charge on any atom is 0.335 e. The highest BCUT2D eigenvalue weighted by Crippen LogP contribution is 2.55. The van der Waals surface area contributed by atoms with Gasteiger partial charge in [-0.2, -0.15) is 8.42 Å². The Balaban J connectivity index is 0.000000271. The summed E-state index contributed by atoms with van der Waals surface area (Å²) in [4.78, 5) is 20.7. The molecular formula is C32H26O7PS+. The van der Waals surface area contributed by atoms with Gasteiger partial charge in [-0.15, -0.1) is 0 Å². The van der Waals surface area contributed by atoms with E-state index < -0.39 is 29.3 Å². The van der Waals surface area contributed by atoms with Crippen molar-refractivity contribution >= 4 is 50.5 Å². The van der Waals surface area contributed by atoms with E-state index in [0.717, 1.165) is 22.0 Å². The van der Waals surface area contributed by atoms with Gasteiger partial charge in [0.1, 0.15) is 33.4 Å². The number of carbonyl (C=O) groups is 2. The van der Waals surface area contributed by atoms with Gasteiger partial charge in [-0.25, -0.2) is 9.59 Å². The predicted octanol–water partition coefficient (Wildman–Crippen LogP) is 4.64. The summed E-state index contributed by atoms with van der Waals surface area (Å²) >= 11 is 0. The molecule has 5 aromatic rings. The fourth-order valence-corrected chi connectivity index (χ4v) is 10.2. The Labute approximate surface area is 238 Å². The Hall–Kier alpha value is -4.62. The van der Waals surface area contributed by atoms with Crippen LogP contribution in [-0.2, 0) is 10.1 Å². The van der Waals surface area contributed by atoms with Gasteiger partial charge in [0.2, 0.25) is 0 Å². The average Bonchev–Trinajstić information content (AvgIpc) is 2.99. The van der Waals surface area contributed by atoms with E-state index in [-0.39, 0.29) is 16.0 Å². The van der Waals surface area contributed by atoms with Gasteiger partial charge in [0.15, 0.2) is 0 Å². The molecule has 3 N–H and O–H groups in total. The highest BCUT2D eigenvalue weighted by Gasteiger charge is 2.50. The quantitative estimate of drug-likeness (QED) is 0.188. The number of benzene rings is 5. The number of rotatable bonds is 7. The fourth-order valence-electron chi connectivity index (χ4n) is 4.56. The molecule has 9 heteroatoms. The second-order valence-corrected chi connectivity index (χ2v) is 13.6. The van der Waals surface area contributed by atoms with E-state index in [1.54, 1.807) is 6.07 Å². The largest absolute Gasteiger partial charge is 0.478 e. The van der Waals surface area contributed by atoms with Crippen molar-refractivity contribution in [2.45, 2.75) is 4.90 Å². The first-order chi connectivity index (χ1) is 19.7. The number of hydrogen-bond acceptors (Lipinski definition) is 4. The Kier molecular flexibility index (Phi) is 9.10. The number of hydrogen-bond donors (Lipinski definition) is 3. The van der Waals surface area contributed by atoms with E-state index >= 15 is 0 Å². The van der Waals surface area contributed by atoms with E-state index in [4.69, 9.17) is 10.2 Å². The van der Waals surface area contributed by atoms with Crippen LogP contribution in [0.25, 0.3) is 0 Å². The van der Waals surface area contributed by atoms with Crippen molar-refractivity contribution in [3.8, 4) is 0 Å². The summed E-state index contributed by atoms with van der Waals surface area (Å²) in [5, 5.41) is 20.7. The molecule has 0 unspecified atom stereocenters. The van der Waals surface area contributed by atoms with Gasteiger partial charge in [0.05, 0.1) is 11.1 Å². The molecule has 5 rings (SSSR count). The second kappa shape index (κ2) is 12.7. The average molecular weight is 586 g/mol. The minimum absolute atomic E-state index is 0.0186. The Morgan fingerprint density at radius 1 is 0.512 bits per heavy atom. The standard InChI is InChI=1S/C24H19O3PS.C8H6O4/c25-29(26,27)24-19-11-10-18-23(24)28(20-12-4-1-5-13-20,21-14-6-2-7-15-21)22-16-8-3-9-17-22;9-7(10)5-2-1-3-6(4-5)8(11)12/h1-19H;1-4H,(H,9,10)(H,11,12)/p+1. The third-order valence-corrected chi connectivity index (χ3v) is 11.7. The number of carboxylic acid groups (broad SMARTS) is 2. The lowest BCUT2D eigenvalue weighted by Gasteiger charge is -2.28. The molecule has 0 aliphatic heterocycles. The summed E-state index contributed by atoms with van der Waals surface area (Å²) in [6.07, 6.45) is 0. The first-order valence-electron chi connectivity index (χ1n) is 12.4. The van der Waals surface area contributed by atoms with E-state index in [0.29, 0.717) is 5.30 Å². The molecule has 0 heterocycles. The molecular weight excluding hydrogens is 559 g/mol. The zero-order valence-electron chi connectivity index (χ0n) is 21.6. The smallest absolute Gasteiger partial charge is 0.335 e. The molecule has 0 amide bonds. The molecule has 0 aliphatic carbocycles. The summed E-state index contributed by atoms with van der Waals surface area (Å²) in [5.41, 5.74) is -0.0372. The zero-order chi connectivity index (χ0) is 29.5. The summed E-state index contributed by atoms with van der Waals surface area (Å²) in [7, 11) is -6.99. The summed E-state index contributed by atoms with van der Waals surface area (Å²) in [6.45, 7) is 0. The molecule has 0 aliphatic rings. The zero-order valence-corrected chi connectivity index (χ0v) is 23.3. The Morgan fingerprint density at radius 3 is 1.24 bits per heavy atom. The van der Waals surface area contributed by atoms with Crippen molar-refractivity contribution < 1.29 is 32.8 Å². The maximum absolute atomic E-state index is 12.4. The lowest BCUT2D eigenvalue weighted by molar-refractivity contribution is 0.0696. The molecule has 0 fully saturated rings. The normalized spacial score (nSPS) is 11.1. The molecule has 206 valence electrons. The monoisotopic (exact) mass is 585 g/mol. The van der Waals surface area contributed by atoms with E-state index in [1.165, 1.54) is 24.3 Å². The molecule has 0 saturated heterocycles. The molecule has 0 aromatic heterocycles. The van der Waals surface area contributed by atoms with E-state index in [2.05, 4.69) is 0 Å². The molecule has 5 aromatic carbocycles. The van der Waals surface area contributed by atoms with Gasteiger partial charge >= 0.3 is 11.9 Å². The minimum atomic E-state index is -4.41. The fraction of sp³-hybridized carbons (Fsp3) is 0. The first kappa shape index (κ1) is 29.4. The van der Waals surface area contributed by atoms with Crippen LogP contribution in [0, 0.1) is 0 Å². The Morgan fingerprint density at radius 2 is 0.878 bits per heavy atom. The van der Waals surface area contributed by atoms with Crippen molar-refractivity contribution in [2.75, 3.05) is 0 Å².